The number of para-hydroxylation sites is 1. The molecule has 1 amide bonds. The number of thioether (sulfide) groups is 1. The maximum absolute atomic E-state index is 12.0. The highest BCUT2D eigenvalue weighted by Gasteiger charge is 2.50. The second-order valence-electron chi connectivity index (χ2n) is 4.05. The van der Waals surface area contributed by atoms with Crippen LogP contribution in [-0.2, 0) is 4.79 Å². The van der Waals surface area contributed by atoms with Crippen LogP contribution in [0.15, 0.2) is 29.2 Å². The van der Waals surface area contributed by atoms with Crippen molar-refractivity contribution in [1.29, 1.82) is 5.26 Å². The van der Waals surface area contributed by atoms with Gasteiger partial charge in [0.25, 0.3) is 0 Å². The molecule has 2 heterocycles. The summed E-state index contributed by atoms with van der Waals surface area (Å²) in [5.41, 5.74) is 0.902. The number of fused-ring (bicyclic) bond motifs is 3. The lowest BCUT2D eigenvalue weighted by Gasteiger charge is -2.35. The van der Waals surface area contributed by atoms with E-state index in [-0.39, 0.29) is 5.91 Å². The lowest BCUT2D eigenvalue weighted by atomic mass is 10.0. The van der Waals surface area contributed by atoms with E-state index in [4.69, 9.17) is 0 Å². The van der Waals surface area contributed by atoms with E-state index in [1.807, 2.05) is 24.3 Å². The molecule has 0 aromatic heterocycles. The summed E-state index contributed by atoms with van der Waals surface area (Å²) in [5.74, 6) is 0.0743. The van der Waals surface area contributed by atoms with E-state index >= 15 is 0 Å². The van der Waals surface area contributed by atoms with Crippen LogP contribution in [0.2, 0.25) is 0 Å². The third-order valence-electron chi connectivity index (χ3n) is 3.08. The highest BCUT2D eigenvalue weighted by atomic mass is 32.2. The summed E-state index contributed by atoms with van der Waals surface area (Å²) in [6.07, 6.45) is 2.12. The number of carbonyl (C=O) groups excluding carboxylic acids is 1. The van der Waals surface area contributed by atoms with Crippen LogP contribution >= 0.6 is 11.8 Å². The molecular weight excluding hydrogens is 220 g/mol. The van der Waals surface area contributed by atoms with Crippen LogP contribution < -0.4 is 4.90 Å². The fourth-order valence-electron chi connectivity index (χ4n) is 2.37. The first kappa shape index (κ1) is 9.73. The number of benzene rings is 1. The van der Waals surface area contributed by atoms with Crippen molar-refractivity contribution in [3.63, 3.8) is 0 Å². The molecule has 0 radical (unpaired) electrons. The van der Waals surface area contributed by atoms with Gasteiger partial charge in [0.1, 0.15) is 6.07 Å². The van der Waals surface area contributed by atoms with Gasteiger partial charge in [-0.1, -0.05) is 23.9 Å². The first-order valence-corrected chi connectivity index (χ1v) is 6.11. The molecule has 80 valence electrons. The number of nitriles is 1. The van der Waals surface area contributed by atoms with Gasteiger partial charge in [-0.3, -0.25) is 9.69 Å². The van der Waals surface area contributed by atoms with Crippen molar-refractivity contribution < 1.29 is 4.79 Å². The number of nitrogens with zero attached hydrogens (tertiary/aromatic N) is 2. The van der Waals surface area contributed by atoms with Crippen LogP contribution in [-0.4, -0.2) is 10.8 Å². The molecule has 2 aliphatic rings. The Labute approximate surface area is 98.0 Å². The molecule has 1 aromatic rings. The number of piperidine rings is 1. The molecule has 0 unspecified atom stereocenters. The van der Waals surface area contributed by atoms with E-state index in [1.54, 1.807) is 4.90 Å². The highest BCUT2D eigenvalue weighted by molar-refractivity contribution is 8.01. The van der Waals surface area contributed by atoms with E-state index < -0.39 is 4.87 Å². The maximum Gasteiger partial charge on any atom is 0.229 e. The Hall–Kier alpha value is -1.47. The van der Waals surface area contributed by atoms with Gasteiger partial charge in [-0.2, -0.15) is 5.26 Å². The Kier molecular flexibility index (Phi) is 1.98. The number of amides is 1. The summed E-state index contributed by atoms with van der Waals surface area (Å²) < 4.78 is 0. The molecule has 0 N–H and O–H groups in total. The van der Waals surface area contributed by atoms with Crippen LogP contribution in [0.4, 0.5) is 5.69 Å². The molecule has 16 heavy (non-hydrogen) atoms. The summed E-state index contributed by atoms with van der Waals surface area (Å²) in [7, 11) is 0. The van der Waals surface area contributed by atoms with Gasteiger partial charge in [-0.15, -0.1) is 0 Å². The predicted octanol–water partition coefficient (Wildman–Crippen LogP) is 2.53. The topological polar surface area (TPSA) is 44.1 Å². The fourth-order valence-corrected chi connectivity index (χ4v) is 3.73. The first-order chi connectivity index (χ1) is 7.77. The molecule has 0 spiro atoms. The highest BCUT2D eigenvalue weighted by Crippen LogP contribution is 2.54. The minimum absolute atomic E-state index is 0.0743. The van der Waals surface area contributed by atoms with Crippen LogP contribution in [0.3, 0.4) is 0 Å². The second kappa shape index (κ2) is 3.26. The van der Waals surface area contributed by atoms with Gasteiger partial charge in [0.15, 0.2) is 4.87 Å². The zero-order valence-corrected chi connectivity index (χ0v) is 9.46. The summed E-state index contributed by atoms with van der Waals surface area (Å²) in [6.45, 7) is 0. The van der Waals surface area contributed by atoms with E-state index in [0.29, 0.717) is 6.42 Å². The van der Waals surface area contributed by atoms with Crippen molar-refractivity contribution in [3.8, 4) is 6.07 Å². The predicted molar refractivity (Wildman–Crippen MR) is 62.0 cm³/mol. The van der Waals surface area contributed by atoms with Gasteiger partial charge >= 0.3 is 0 Å². The monoisotopic (exact) mass is 230 g/mol. The van der Waals surface area contributed by atoms with E-state index in [0.717, 1.165) is 23.4 Å². The molecule has 3 nitrogen and oxygen atoms in total. The van der Waals surface area contributed by atoms with Crippen LogP contribution in [0.5, 0.6) is 0 Å². The molecule has 2 aliphatic heterocycles. The molecule has 0 aliphatic carbocycles. The lowest BCUT2D eigenvalue weighted by Crippen LogP contribution is -2.49. The van der Waals surface area contributed by atoms with Crippen LogP contribution in [0, 0.1) is 11.3 Å². The van der Waals surface area contributed by atoms with E-state index in [9.17, 15) is 10.1 Å². The first-order valence-electron chi connectivity index (χ1n) is 5.29. The minimum Gasteiger partial charge on any atom is -0.283 e. The van der Waals surface area contributed by atoms with E-state index in [1.165, 1.54) is 11.8 Å². The Bertz CT molecular complexity index is 508. The molecule has 3 rings (SSSR count). The zero-order chi connectivity index (χ0) is 11.2. The molecule has 4 heteroatoms. The average Bonchev–Trinajstić information content (AvgIpc) is 2.65. The van der Waals surface area contributed by atoms with Gasteiger partial charge in [0.2, 0.25) is 5.91 Å². The van der Waals surface area contributed by atoms with Crippen LogP contribution in [0.25, 0.3) is 0 Å². The number of rotatable bonds is 0. The quantitative estimate of drug-likeness (QED) is 0.688. The molecule has 0 saturated carbocycles. The second-order valence-corrected chi connectivity index (χ2v) is 5.37. The SMILES string of the molecule is N#C[C@@]12CCCC(=O)N1c1ccccc1S2. The van der Waals surface area contributed by atoms with Gasteiger partial charge in [-0.25, -0.2) is 0 Å². The number of hydrogen-bond donors (Lipinski definition) is 0. The summed E-state index contributed by atoms with van der Waals surface area (Å²) >= 11 is 1.52. The van der Waals surface area contributed by atoms with Crippen molar-refractivity contribution >= 4 is 23.4 Å². The molecular formula is C12H10N2OS. The zero-order valence-electron chi connectivity index (χ0n) is 8.64. The van der Waals surface area contributed by atoms with Gasteiger partial charge < -0.3 is 0 Å². The van der Waals surface area contributed by atoms with Crippen molar-refractivity contribution in [3.05, 3.63) is 24.3 Å². The molecule has 1 fully saturated rings. The fraction of sp³-hybridized carbons (Fsp3) is 0.333. The van der Waals surface area contributed by atoms with Gasteiger partial charge in [0.05, 0.1) is 5.69 Å². The van der Waals surface area contributed by atoms with Gasteiger partial charge in [0, 0.05) is 11.3 Å². The number of anilines is 1. The summed E-state index contributed by atoms with van der Waals surface area (Å²) in [6, 6.07) is 10.1. The minimum atomic E-state index is -0.682. The van der Waals surface area contributed by atoms with Crippen molar-refractivity contribution in [2.75, 3.05) is 4.90 Å². The van der Waals surface area contributed by atoms with Crippen molar-refractivity contribution in [2.24, 2.45) is 0 Å². The summed E-state index contributed by atoms with van der Waals surface area (Å²) in [4.78, 5) is 14.0. The molecule has 1 atom stereocenters. The third-order valence-corrected chi connectivity index (χ3v) is 4.46. The summed E-state index contributed by atoms with van der Waals surface area (Å²) in [5, 5.41) is 9.38. The van der Waals surface area contributed by atoms with E-state index in [2.05, 4.69) is 6.07 Å². The Morgan fingerprint density at radius 1 is 1.44 bits per heavy atom. The smallest absolute Gasteiger partial charge is 0.229 e. The molecule has 1 aromatic carbocycles. The Balaban J connectivity index is 2.17. The maximum atomic E-state index is 12.0. The number of carbonyl (C=O) groups is 1. The normalized spacial score (nSPS) is 27.2. The van der Waals surface area contributed by atoms with Gasteiger partial charge in [-0.05, 0) is 25.0 Å². The number of hydrogen-bond acceptors (Lipinski definition) is 3. The standard InChI is InChI=1S/C12H10N2OS/c13-8-12-7-3-6-11(15)14(12)9-4-1-2-5-10(9)16-12/h1-2,4-5H,3,6-7H2/t12-/m0/s1. The largest absolute Gasteiger partial charge is 0.283 e. The molecule has 1 saturated heterocycles. The molecule has 0 bridgehead atoms. The van der Waals surface area contributed by atoms with Crippen LogP contribution in [0.1, 0.15) is 19.3 Å². The van der Waals surface area contributed by atoms with Crippen molar-refractivity contribution in [1.82, 2.24) is 0 Å². The Morgan fingerprint density at radius 3 is 3.06 bits per heavy atom. The lowest BCUT2D eigenvalue weighted by molar-refractivity contribution is -0.120. The Morgan fingerprint density at radius 2 is 2.25 bits per heavy atom. The average molecular weight is 230 g/mol. The van der Waals surface area contributed by atoms with Crippen molar-refractivity contribution in [2.45, 2.75) is 29.0 Å². The third kappa shape index (κ3) is 1.12.